The lowest BCUT2D eigenvalue weighted by molar-refractivity contribution is -0.150. The topological polar surface area (TPSA) is 149 Å². The van der Waals surface area contributed by atoms with Gasteiger partial charge in [0.15, 0.2) is 0 Å². The first kappa shape index (κ1) is 40.5. The Bertz CT molecular complexity index is 2700. The number of aliphatic carboxylic acids is 1. The van der Waals surface area contributed by atoms with Crippen molar-refractivity contribution in [3.05, 3.63) is 178 Å². The first-order chi connectivity index (χ1) is 30.4. The van der Waals surface area contributed by atoms with E-state index in [9.17, 15) is 14.4 Å². The third-order valence-electron chi connectivity index (χ3n) is 12.4. The Morgan fingerprint density at radius 1 is 0.500 bits per heavy atom. The second-order valence-corrected chi connectivity index (χ2v) is 16.4. The van der Waals surface area contributed by atoms with E-state index in [0.717, 1.165) is 59.8 Å². The molecule has 0 unspecified atom stereocenters. The first-order valence-corrected chi connectivity index (χ1v) is 21.5. The van der Waals surface area contributed by atoms with E-state index in [-0.39, 0.29) is 29.8 Å². The van der Waals surface area contributed by atoms with Gasteiger partial charge in [0.05, 0.1) is 11.8 Å². The van der Waals surface area contributed by atoms with Crippen LogP contribution in [0.3, 0.4) is 0 Å². The van der Waals surface area contributed by atoms with Gasteiger partial charge in [0, 0.05) is 62.8 Å². The molecular formula is C52H50N4O6. The van der Waals surface area contributed by atoms with Crippen LogP contribution in [0.15, 0.2) is 133 Å². The number of carbonyl (C=O) groups is 3. The minimum Gasteiger partial charge on any atom is -0.481 e. The van der Waals surface area contributed by atoms with Gasteiger partial charge in [-0.15, -0.1) is 0 Å². The zero-order chi connectivity index (χ0) is 42.4. The van der Waals surface area contributed by atoms with Crippen molar-refractivity contribution in [2.75, 3.05) is 0 Å². The number of hydrogen-bond donors (Lipinski definition) is 5. The number of nitrogens with one attached hydrogen (secondary N) is 4. The van der Waals surface area contributed by atoms with Crippen molar-refractivity contribution < 1.29 is 29.0 Å². The van der Waals surface area contributed by atoms with Gasteiger partial charge in [0.1, 0.15) is 19.3 Å². The van der Waals surface area contributed by atoms with E-state index < -0.39 is 5.97 Å². The summed E-state index contributed by atoms with van der Waals surface area (Å²) in [6.45, 7) is 1.34. The molecule has 0 bridgehead atoms. The van der Waals surface area contributed by atoms with Crippen LogP contribution in [0.4, 0.5) is 0 Å². The molecule has 10 nitrogen and oxygen atoms in total. The van der Waals surface area contributed by atoms with Gasteiger partial charge in [0.2, 0.25) is 0 Å². The second kappa shape index (κ2) is 18.4. The van der Waals surface area contributed by atoms with Gasteiger partial charge in [0.25, 0.3) is 0 Å². The van der Waals surface area contributed by atoms with Gasteiger partial charge in [-0.05, 0) is 84.5 Å². The number of aromatic amines is 3. The van der Waals surface area contributed by atoms with Crippen LogP contribution in [-0.4, -0.2) is 44.0 Å². The molecular weight excluding hydrogens is 777 g/mol. The molecule has 4 heterocycles. The molecule has 5 N–H and O–H groups in total. The number of para-hydroxylation sites is 3. The zero-order valence-corrected chi connectivity index (χ0v) is 34.5. The maximum atomic E-state index is 12.4. The van der Waals surface area contributed by atoms with Crippen LogP contribution in [-0.2, 0) is 75.7 Å². The number of carboxylic acids is 1. The van der Waals surface area contributed by atoms with Crippen LogP contribution in [0.5, 0.6) is 0 Å². The van der Waals surface area contributed by atoms with E-state index >= 15 is 0 Å². The Labute approximate surface area is 359 Å². The van der Waals surface area contributed by atoms with E-state index in [2.05, 4.69) is 50.6 Å². The Morgan fingerprint density at radius 3 is 1.44 bits per heavy atom. The maximum Gasteiger partial charge on any atom is 0.323 e. The van der Waals surface area contributed by atoms with Gasteiger partial charge in [-0.3, -0.25) is 19.7 Å². The molecule has 1 aliphatic heterocycles. The number of ether oxygens (including phenoxy) is 2. The lowest BCUT2D eigenvalue weighted by Gasteiger charge is -2.22. The van der Waals surface area contributed by atoms with Gasteiger partial charge >= 0.3 is 17.9 Å². The maximum absolute atomic E-state index is 12.4. The number of aromatic nitrogens is 3. The Morgan fingerprint density at radius 2 is 0.919 bits per heavy atom. The molecule has 3 aliphatic rings. The Kier molecular flexibility index (Phi) is 12.0. The molecule has 62 heavy (non-hydrogen) atoms. The summed E-state index contributed by atoms with van der Waals surface area (Å²) in [5, 5.41) is 16.0. The molecule has 3 atom stereocenters. The van der Waals surface area contributed by atoms with Crippen LogP contribution in [0, 0.1) is 11.8 Å². The molecule has 2 aliphatic carbocycles. The minimum absolute atomic E-state index is 0.0366. The third-order valence-corrected chi connectivity index (χ3v) is 12.4. The Hall–Kier alpha value is -6.91. The molecule has 11 rings (SSSR count). The number of aryl methyl sites for hydroxylation is 2. The predicted octanol–water partition coefficient (Wildman–Crippen LogP) is 9.30. The number of esters is 2. The predicted molar refractivity (Wildman–Crippen MR) is 240 cm³/mol. The van der Waals surface area contributed by atoms with E-state index in [1.807, 2.05) is 103 Å². The highest BCUT2D eigenvalue weighted by atomic mass is 16.5. The quantitative estimate of drug-likeness (QED) is 0.101. The molecule has 0 spiro atoms. The molecule has 3 aromatic heterocycles. The first-order valence-electron chi connectivity index (χ1n) is 21.5. The van der Waals surface area contributed by atoms with Crippen LogP contribution >= 0.6 is 0 Å². The van der Waals surface area contributed by atoms with Crippen LogP contribution in [0.25, 0.3) is 32.7 Å². The van der Waals surface area contributed by atoms with Crippen molar-refractivity contribution in [3.8, 4) is 0 Å². The molecule has 0 amide bonds. The highest BCUT2D eigenvalue weighted by Crippen LogP contribution is 2.34. The lowest BCUT2D eigenvalue weighted by Crippen LogP contribution is -2.42. The number of carboxylic acid groups (broad SMARTS) is 1. The summed E-state index contributed by atoms with van der Waals surface area (Å²) < 4.78 is 11.0. The molecule has 8 aromatic rings. The second-order valence-electron chi connectivity index (χ2n) is 16.4. The monoisotopic (exact) mass is 826 g/mol. The van der Waals surface area contributed by atoms with Crippen LogP contribution < -0.4 is 5.32 Å². The van der Waals surface area contributed by atoms with Gasteiger partial charge in [-0.25, -0.2) is 0 Å². The standard InChI is InChI=1S/C20H19NO2.C19H18N2O2.C13H13NO2/c22-20(23-13-14-6-2-1-3-7-14)15-10-11-19-17(12-15)16-8-4-5-9-18(16)21-19;22-19(23-12-13-6-2-1-3-7-13)17-10-15-14-8-4-5-9-16(14)21-18(15)11-20-17;15-13(16)8-5-6-12-10(7-8)9-3-1-2-4-11(9)14-12/h1-9,15,21H,10-13H2;1-9,17,20-21H,10-12H2;1-4,8,14H,5-7H2,(H,15,16)/t15-;17-;8-/m000/s1. The summed E-state index contributed by atoms with van der Waals surface area (Å²) in [6.07, 6.45) is 5.45. The molecule has 0 saturated heterocycles. The van der Waals surface area contributed by atoms with Gasteiger partial charge < -0.3 is 29.5 Å². The van der Waals surface area contributed by atoms with Gasteiger partial charge in [-0.1, -0.05) is 115 Å². The fourth-order valence-corrected chi connectivity index (χ4v) is 9.13. The van der Waals surface area contributed by atoms with Crippen molar-refractivity contribution >= 4 is 50.6 Å². The normalized spacial score (nSPS) is 17.6. The van der Waals surface area contributed by atoms with Crippen molar-refractivity contribution in [2.45, 2.75) is 70.7 Å². The molecule has 0 saturated carbocycles. The van der Waals surface area contributed by atoms with E-state index in [1.165, 1.54) is 49.9 Å². The van der Waals surface area contributed by atoms with Crippen molar-refractivity contribution in [3.63, 3.8) is 0 Å². The summed E-state index contributed by atoms with van der Waals surface area (Å²) in [4.78, 5) is 46.0. The number of hydrogen-bond acceptors (Lipinski definition) is 6. The number of fused-ring (bicyclic) bond motifs is 9. The van der Waals surface area contributed by atoms with Crippen molar-refractivity contribution in [1.82, 2.24) is 20.3 Å². The fraction of sp³-hybridized carbons (Fsp3) is 0.250. The zero-order valence-electron chi connectivity index (χ0n) is 34.5. The largest absolute Gasteiger partial charge is 0.481 e. The lowest BCUT2D eigenvalue weighted by atomic mass is 9.86. The highest BCUT2D eigenvalue weighted by Gasteiger charge is 2.30. The highest BCUT2D eigenvalue weighted by molar-refractivity contribution is 5.88. The number of rotatable bonds is 7. The van der Waals surface area contributed by atoms with Crippen molar-refractivity contribution in [1.29, 1.82) is 0 Å². The van der Waals surface area contributed by atoms with E-state index in [1.54, 1.807) is 0 Å². The molecule has 10 heteroatoms. The SMILES string of the molecule is O=C(O)[C@H]1CCc2[nH]c3ccccc3c2C1.O=C(OCc1ccccc1)[C@@H]1Cc2c([nH]c3ccccc23)CN1.O=C(OCc1ccccc1)[C@H]1CCc2[nH]c3ccccc3c2C1. The average Bonchev–Trinajstić information content (AvgIpc) is 4.01. The minimum atomic E-state index is -0.670. The number of H-pyrrole nitrogens is 3. The summed E-state index contributed by atoms with van der Waals surface area (Å²) >= 11 is 0. The Balaban J connectivity index is 0.000000121. The fourth-order valence-electron chi connectivity index (χ4n) is 9.13. The van der Waals surface area contributed by atoms with Crippen LogP contribution in [0.1, 0.15) is 57.7 Å². The van der Waals surface area contributed by atoms with Gasteiger partial charge in [-0.2, -0.15) is 0 Å². The summed E-state index contributed by atoms with van der Waals surface area (Å²) in [6, 6.07) is 43.9. The van der Waals surface area contributed by atoms with E-state index in [0.29, 0.717) is 32.6 Å². The summed E-state index contributed by atoms with van der Waals surface area (Å²) in [5.74, 6) is -1.19. The molecule has 0 radical (unpaired) electrons. The number of carbonyl (C=O) groups excluding carboxylic acids is 2. The van der Waals surface area contributed by atoms with Crippen molar-refractivity contribution in [2.24, 2.45) is 11.8 Å². The molecule has 0 fully saturated rings. The molecule has 5 aromatic carbocycles. The summed E-state index contributed by atoms with van der Waals surface area (Å²) in [7, 11) is 0. The molecule has 314 valence electrons. The van der Waals surface area contributed by atoms with E-state index in [4.69, 9.17) is 14.6 Å². The number of benzene rings is 5. The smallest absolute Gasteiger partial charge is 0.323 e. The summed E-state index contributed by atoms with van der Waals surface area (Å²) in [5.41, 5.74) is 12.8. The third kappa shape index (κ3) is 8.92. The van der Waals surface area contributed by atoms with Crippen LogP contribution in [0.2, 0.25) is 0 Å². The average molecular weight is 827 g/mol.